The van der Waals surface area contributed by atoms with Crippen molar-refractivity contribution in [2.24, 2.45) is 0 Å². The van der Waals surface area contributed by atoms with E-state index in [1.165, 1.54) is 6.07 Å². The highest BCUT2D eigenvalue weighted by Gasteiger charge is 2.37. The smallest absolute Gasteiger partial charge is 0.434 e. The Kier molecular flexibility index (Phi) is 5.06. The highest BCUT2D eigenvalue weighted by Crippen LogP contribution is 2.30. The van der Waals surface area contributed by atoms with E-state index >= 15 is 0 Å². The number of hydrogen-bond acceptors (Lipinski definition) is 3. The summed E-state index contributed by atoms with van der Waals surface area (Å²) in [4.78, 5) is 26.8. The van der Waals surface area contributed by atoms with Gasteiger partial charge in [0.05, 0.1) is 12.0 Å². The summed E-state index contributed by atoms with van der Waals surface area (Å²) in [6, 6.07) is 2.26. The zero-order valence-electron chi connectivity index (χ0n) is 10.6. The minimum atomic E-state index is -4.74. The van der Waals surface area contributed by atoms with Crippen LogP contribution in [0.15, 0.2) is 18.3 Å². The molecule has 1 aromatic rings. The topological polar surface area (TPSA) is 70.5 Å². The highest BCUT2D eigenvalue weighted by molar-refractivity contribution is 5.95. The lowest BCUT2D eigenvalue weighted by molar-refractivity contribution is -0.141. The molecule has 20 heavy (non-hydrogen) atoms. The first-order valence-corrected chi connectivity index (χ1v) is 5.80. The molecule has 0 unspecified atom stereocenters. The Morgan fingerprint density at radius 3 is 2.55 bits per heavy atom. The van der Waals surface area contributed by atoms with Crippen molar-refractivity contribution < 1.29 is 27.9 Å². The van der Waals surface area contributed by atoms with Gasteiger partial charge in [0.15, 0.2) is 5.69 Å². The predicted octanol–water partition coefficient (Wildman–Crippen LogP) is 2.04. The summed E-state index contributed by atoms with van der Waals surface area (Å²) in [6.07, 6.45) is -4.12. The Bertz CT molecular complexity index is 503. The molecule has 1 heterocycles. The van der Waals surface area contributed by atoms with Crippen molar-refractivity contribution in [2.45, 2.75) is 19.5 Å². The summed E-state index contributed by atoms with van der Waals surface area (Å²) in [5.74, 6) is -2.01. The number of carbonyl (C=O) groups is 2. The molecule has 1 N–H and O–H groups in total. The third-order valence-corrected chi connectivity index (χ3v) is 2.57. The fourth-order valence-corrected chi connectivity index (χ4v) is 1.61. The summed E-state index contributed by atoms with van der Waals surface area (Å²) in [5, 5.41) is 8.56. The Morgan fingerprint density at radius 2 is 2.05 bits per heavy atom. The van der Waals surface area contributed by atoms with E-state index in [2.05, 4.69) is 4.98 Å². The summed E-state index contributed by atoms with van der Waals surface area (Å²) in [6.45, 7) is 1.51. The average Bonchev–Trinajstić information content (AvgIpc) is 2.38. The standard InChI is InChI=1S/C12H13F3N2O3/c1-2-17(7-5-9(18)19)11(20)8-4-3-6-16-10(8)12(13,14)15/h3-4,6H,2,5,7H2,1H3,(H,18,19). The second kappa shape index (κ2) is 6.36. The molecule has 0 aliphatic heterocycles. The number of amides is 1. The first-order valence-electron chi connectivity index (χ1n) is 5.80. The van der Waals surface area contributed by atoms with Gasteiger partial charge >= 0.3 is 12.1 Å². The molecule has 1 rings (SSSR count). The Balaban J connectivity index is 3.04. The van der Waals surface area contributed by atoms with E-state index < -0.39 is 29.3 Å². The SMILES string of the molecule is CCN(CCC(=O)O)C(=O)c1cccnc1C(F)(F)F. The van der Waals surface area contributed by atoms with Gasteiger partial charge in [0.25, 0.3) is 5.91 Å². The molecule has 0 fully saturated rings. The molecule has 0 saturated carbocycles. The molecule has 1 amide bonds. The molecule has 0 saturated heterocycles. The monoisotopic (exact) mass is 290 g/mol. The number of alkyl halides is 3. The van der Waals surface area contributed by atoms with Gasteiger partial charge < -0.3 is 10.0 Å². The van der Waals surface area contributed by atoms with Crippen LogP contribution >= 0.6 is 0 Å². The molecule has 8 heteroatoms. The zero-order valence-corrected chi connectivity index (χ0v) is 10.6. The second-order valence-electron chi connectivity index (χ2n) is 3.93. The molecule has 0 radical (unpaired) electrons. The Labute approximate surface area is 113 Å². The highest BCUT2D eigenvalue weighted by atomic mass is 19.4. The number of nitrogens with zero attached hydrogens (tertiary/aromatic N) is 2. The van der Waals surface area contributed by atoms with Crippen LogP contribution in [0.3, 0.4) is 0 Å². The number of pyridine rings is 1. The average molecular weight is 290 g/mol. The zero-order chi connectivity index (χ0) is 15.3. The summed E-state index contributed by atoms with van der Waals surface area (Å²) >= 11 is 0. The fraction of sp³-hybridized carbons (Fsp3) is 0.417. The molecule has 0 aromatic carbocycles. The molecule has 0 atom stereocenters. The van der Waals surface area contributed by atoms with Gasteiger partial charge in [-0.15, -0.1) is 0 Å². The van der Waals surface area contributed by atoms with Crippen LogP contribution < -0.4 is 0 Å². The number of aromatic nitrogens is 1. The number of halogens is 3. The predicted molar refractivity (Wildman–Crippen MR) is 63.1 cm³/mol. The van der Waals surface area contributed by atoms with E-state index in [1.807, 2.05) is 0 Å². The second-order valence-corrected chi connectivity index (χ2v) is 3.93. The van der Waals surface area contributed by atoms with Crippen LogP contribution in [0.4, 0.5) is 13.2 Å². The summed E-state index contributed by atoms with van der Waals surface area (Å²) < 4.78 is 38.3. The van der Waals surface area contributed by atoms with Crippen molar-refractivity contribution in [1.29, 1.82) is 0 Å². The first-order chi connectivity index (χ1) is 9.27. The van der Waals surface area contributed by atoms with Crippen molar-refractivity contribution in [3.05, 3.63) is 29.6 Å². The van der Waals surface area contributed by atoms with E-state index in [9.17, 15) is 22.8 Å². The fourth-order valence-electron chi connectivity index (χ4n) is 1.61. The van der Waals surface area contributed by atoms with Gasteiger partial charge in [0.2, 0.25) is 0 Å². The molecular formula is C12H13F3N2O3. The lowest BCUT2D eigenvalue weighted by Gasteiger charge is -2.21. The van der Waals surface area contributed by atoms with Gasteiger partial charge in [-0.25, -0.2) is 0 Å². The van der Waals surface area contributed by atoms with Crippen molar-refractivity contribution in [2.75, 3.05) is 13.1 Å². The van der Waals surface area contributed by atoms with E-state index in [1.54, 1.807) is 6.92 Å². The summed E-state index contributed by atoms with van der Waals surface area (Å²) in [7, 11) is 0. The quantitative estimate of drug-likeness (QED) is 0.900. The van der Waals surface area contributed by atoms with Gasteiger partial charge in [-0.2, -0.15) is 13.2 Å². The van der Waals surface area contributed by atoms with Gasteiger partial charge in [0, 0.05) is 19.3 Å². The molecule has 1 aromatic heterocycles. The molecule has 0 aliphatic rings. The lowest BCUT2D eigenvalue weighted by atomic mass is 10.1. The van der Waals surface area contributed by atoms with Gasteiger partial charge in [0.1, 0.15) is 0 Å². The number of carbonyl (C=O) groups excluding carboxylic acids is 1. The van der Waals surface area contributed by atoms with Gasteiger partial charge in [-0.05, 0) is 19.1 Å². The normalized spacial score (nSPS) is 11.2. The minimum absolute atomic E-state index is 0.109. The third kappa shape index (κ3) is 3.94. The number of carboxylic acid groups (broad SMARTS) is 1. The maximum atomic E-state index is 12.8. The van der Waals surface area contributed by atoms with E-state index in [-0.39, 0.29) is 19.5 Å². The van der Waals surface area contributed by atoms with Crippen LogP contribution in [0.25, 0.3) is 0 Å². The van der Waals surface area contributed by atoms with E-state index in [0.717, 1.165) is 17.2 Å². The molecule has 0 spiro atoms. The van der Waals surface area contributed by atoms with E-state index in [0.29, 0.717) is 0 Å². The van der Waals surface area contributed by atoms with Crippen molar-refractivity contribution >= 4 is 11.9 Å². The number of aliphatic carboxylic acids is 1. The lowest BCUT2D eigenvalue weighted by Crippen LogP contribution is -2.34. The summed E-state index contributed by atoms with van der Waals surface area (Å²) in [5.41, 5.74) is -1.84. The molecule has 0 aliphatic carbocycles. The largest absolute Gasteiger partial charge is 0.481 e. The molecule has 110 valence electrons. The maximum Gasteiger partial charge on any atom is 0.434 e. The molecule has 5 nitrogen and oxygen atoms in total. The van der Waals surface area contributed by atoms with Crippen LogP contribution in [-0.2, 0) is 11.0 Å². The van der Waals surface area contributed by atoms with Crippen molar-refractivity contribution in [1.82, 2.24) is 9.88 Å². The first kappa shape index (κ1) is 15.9. The van der Waals surface area contributed by atoms with Crippen LogP contribution in [0, 0.1) is 0 Å². The minimum Gasteiger partial charge on any atom is -0.481 e. The van der Waals surface area contributed by atoms with Gasteiger partial charge in [-0.1, -0.05) is 0 Å². The van der Waals surface area contributed by atoms with Crippen LogP contribution in [0.5, 0.6) is 0 Å². The van der Waals surface area contributed by atoms with Crippen LogP contribution in [0.2, 0.25) is 0 Å². The van der Waals surface area contributed by atoms with Crippen molar-refractivity contribution in [3.63, 3.8) is 0 Å². The number of hydrogen-bond donors (Lipinski definition) is 1. The molecular weight excluding hydrogens is 277 g/mol. The third-order valence-electron chi connectivity index (χ3n) is 2.57. The maximum absolute atomic E-state index is 12.8. The number of carboxylic acids is 1. The van der Waals surface area contributed by atoms with Crippen LogP contribution in [-0.4, -0.2) is 40.0 Å². The van der Waals surface area contributed by atoms with Gasteiger partial charge in [-0.3, -0.25) is 14.6 Å². The number of rotatable bonds is 5. The Hall–Kier alpha value is -2.12. The van der Waals surface area contributed by atoms with Crippen molar-refractivity contribution in [3.8, 4) is 0 Å². The Morgan fingerprint density at radius 1 is 1.40 bits per heavy atom. The van der Waals surface area contributed by atoms with E-state index in [4.69, 9.17) is 5.11 Å². The van der Waals surface area contributed by atoms with Crippen LogP contribution in [0.1, 0.15) is 29.4 Å². The molecule has 0 bridgehead atoms.